The summed E-state index contributed by atoms with van der Waals surface area (Å²) in [7, 11) is 0. The summed E-state index contributed by atoms with van der Waals surface area (Å²) in [5.41, 5.74) is 1.41. The molecule has 2 rings (SSSR count). The van der Waals surface area contributed by atoms with E-state index in [0.717, 1.165) is 10.4 Å². The molecule has 0 N–H and O–H groups in total. The maximum absolute atomic E-state index is 3.82. The predicted molar refractivity (Wildman–Crippen MR) is 81.6 cm³/mol. The summed E-state index contributed by atoms with van der Waals surface area (Å²) in [6.45, 7) is 0. The Balaban J connectivity index is 1.80. The van der Waals surface area contributed by atoms with Crippen LogP contribution in [-0.2, 0) is 0 Å². The third-order valence-corrected chi connectivity index (χ3v) is 5.30. The molecule has 0 saturated heterocycles. The average Bonchev–Trinajstić information content (AvgIpc) is 2.38. The van der Waals surface area contributed by atoms with Crippen molar-refractivity contribution in [3.63, 3.8) is 0 Å². The van der Waals surface area contributed by atoms with Gasteiger partial charge < -0.3 is 0 Å². The summed E-state index contributed by atoms with van der Waals surface area (Å²) in [5, 5.41) is 0. The van der Waals surface area contributed by atoms with Crippen molar-refractivity contribution in [2.45, 2.75) is 49.8 Å². The van der Waals surface area contributed by atoms with E-state index in [2.05, 4.69) is 56.1 Å². The molecule has 1 atom stereocenters. The average molecular weight is 360 g/mol. The highest BCUT2D eigenvalue weighted by Gasteiger charge is 2.15. The fourth-order valence-electron chi connectivity index (χ4n) is 2.70. The lowest BCUT2D eigenvalue weighted by Gasteiger charge is -2.22. The lowest BCUT2D eigenvalue weighted by molar-refractivity contribution is 0.332. The van der Waals surface area contributed by atoms with Crippen LogP contribution in [0, 0.1) is 5.92 Å². The first-order valence-electron chi connectivity index (χ1n) is 6.65. The van der Waals surface area contributed by atoms with Gasteiger partial charge in [-0.2, -0.15) is 0 Å². The van der Waals surface area contributed by atoms with Gasteiger partial charge in [0.2, 0.25) is 0 Å². The third-order valence-electron chi connectivity index (χ3n) is 3.78. The van der Waals surface area contributed by atoms with Gasteiger partial charge in [-0.1, -0.05) is 76.1 Å². The topological polar surface area (TPSA) is 0 Å². The minimum atomic E-state index is 0.525. The van der Waals surface area contributed by atoms with E-state index in [0.29, 0.717) is 4.83 Å². The molecule has 1 fully saturated rings. The van der Waals surface area contributed by atoms with Gasteiger partial charge in [0.25, 0.3) is 0 Å². The minimum absolute atomic E-state index is 0.525. The molecule has 1 aliphatic rings. The molecule has 1 aromatic rings. The van der Waals surface area contributed by atoms with Crippen LogP contribution in [-0.4, -0.2) is 0 Å². The molecule has 0 radical (unpaired) electrons. The molecule has 1 saturated carbocycles. The Labute approximate surface area is 121 Å². The summed E-state index contributed by atoms with van der Waals surface area (Å²) >= 11 is 7.30. The van der Waals surface area contributed by atoms with Crippen molar-refractivity contribution >= 4 is 31.9 Å². The molecule has 0 aromatic heterocycles. The van der Waals surface area contributed by atoms with Gasteiger partial charge >= 0.3 is 0 Å². The second-order valence-corrected chi connectivity index (χ2v) is 7.12. The second kappa shape index (κ2) is 6.94. The van der Waals surface area contributed by atoms with Crippen molar-refractivity contribution in [2.75, 3.05) is 0 Å². The van der Waals surface area contributed by atoms with Crippen molar-refractivity contribution in [3.05, 3.63) is 34.3 Å². The van der Waals surface area contributed by atoms with Crippen LogP contribution in [0.2, 0.25) is 0 Å². The molecule has 1 aromatic carbocycles. The zero-order valence-electron chi connectivity index (χ0n) is 10.2. The van der Waals surface area contributed by atoms with E-state index in [-0.39, 0.29) is 0 Å². The highest BCUT2D eigenvalue weighted by molar-refractivity contribution is 9.10. The molecule has 1 unspecified atom stereocenters. The van der Waals surface area contributed by atoms with Crippen LogP contribution in [0.25, 0.3) is 0 Å². The summed E-state index contributed by atoms with van der Waals surface area (Å²) < 4.78 is 1.16. The highest BCUT2D eigenvalue weighted by Crippen LogP contribution is 2.34. The summed E-state index contributed by atoms with van der Waals surface area (Å²) in [5.74, 6) is 0.985. The van der Waals surface area contributed by atoms with E-state index in [1.165, 1.54) is 50.5 Å². The molecule has 0 amide bonds. The van der Waals surface area contributed by atoms with Gasteiger partial charge in [-0.15, -0.1) is 0 Å². The lowest BCUT2D eigenvalue weighted by atomic mass is 9.85. The SMILES string of the molecule is Brc1ccc(C(Br)CCC2CCCCC2)cc1. The van der Waals surface area contributed by atoms with Crippen LogP contribution in [0.4, 0.5) is 0 Å². The monoisotopic (exact) mass is 358 g/mol. The number of hydrogen-bond acceptors (Lipinski definition) is 0. The van der Waals surface area contributed by atoms with Crippen molar-refractivity contribution < 1.29 is 0 Å². The molecule has 2 heteroatoms. The number of halogens is 2. The van der Waals surface area contributed by atoms with Gasteiger partial charge in [-0.25, -0.2) is 0 Å². The largest absolute Gasteiger partial charge is 0.0839 e. The van der Waals surface area contributed by atoms with Gasteiger partial charge in [0.1, 0.15) is 0 Å². The Bertz CT molecular complexity index is 325. The Morgan fingerprint density at radius 3 is 2.35 bits per heavy atom. The van der Waals surface area contributed by atoms with Crippen LogP contribution in [0.1, 0.15) is 55.3 Å². The van der Waals surface area contributed by atoms with E-state index in [1.807, 2.05) is 0 Å². The van der Waals surface area contributed by atoms with Gasteiger partial charge in [-0.3, -0.25) is 0 Å². The molecular formula is C15H20Br2. The minimum Gasteiger partial charge on any atom is -0.0839 e. The van der Waals surface area contributed by atoms with Crippen LogP contribution >= 0.6 is 31.9 Å². The number of rotatable bonds is 4. The van der Waals surface area contributed by atoms with Crippen molar-refractivity contribution in [1.29, 1.82) is 0 Å². The van der Waals surface area contributed by atoms with Crippen molar-refractivity contribution in [2.24, 2.45) is 5.92 Å². The lowest BCUT2D eigenvalue weighted by Crippen LogP contribution is -2.07. The first-order valence-corrected chi connectivity index (χ1v) is 8.36. The number of alkyl halides is 1. The Morgan fingerprint density at radius 1 is 1.06 bits per heavy atom. The van der Waals surface area contributed by atoms with Crippen LogP contribution in [0.5, 0.6) is 0 Å². The van der Waals surface area contributed by atoms with Crippen LogP contribution < -0.4 is 0 Å². The number of hydrogen-bond donors (Lipinski definition) is 0. The quantitative estimate of drug-likeness (QED) is 0.557. The first-order chi connectivity index (χ1) is 8.25. The predicted octanol–water partition coefficient (Wildman–Crippen LogP) is 6.25. The van der Waals surface area contributed by atoms with Gasteiger partial charge in [-0.05, 0) is 36.5 Å². The second-order valence-electron chi connectivity index (χ2n) is 5.10. The zero-order chi connectivity index (χ0) is 12.1. The van der Waals surface area contributed by atoms with E-state index in [1.54, 1.807) is 0 Å². The summed E-state index contributed by atoms with van der Waals surface area (Å²) in [6, 6.07) is 8.68. The zero-order valence-corrected chi connectivity index (χ0v) is 13.3. The molecule has 0 nitrogen and oxygen atoms in total. The van der Waals surface area contributed by atoms with Crippen LogP contribution in [0.3, 0.4) is 0 Å². The maximum atomic E-state index is 3.82. The van der Waals surface area contributed by atoms with E-state index < -0.39 is 0 Å². The van der Waals surface area contributed by atoms with E-state index in [4.69, 9.17) is 0 Å². The van der Waals surface area contributed by atoms with Gasteiger partial charge in [0, 0.05) is 9.30 Å². The highest BCUT2D eigenvalue weighted by atomic mass is 79.9. The van der Waals surface area contributed by atoms with E-state index >= 15 is 0 Å². The molecule has 1 aliphatic carbocycles. The fourth-order valence-corrected chi connectivity index (χ4v) is 3.53. The Kier molecular flexibility index (Phi) is 5.55. The standard InChI is InChI=1S/C15H20Br2/c16-14-9-7-13(8-10-14)15(17)11-6-12-4-2-1-3-5-12/h7-10,12,15H,1-6,11H2. The molecule has 17 heavy (non-hydrogen) atoms. The number of benzene rings is 1. The molecule has 94 valence electrons. The van der Waals surface area contributed by atoms with Gasteiger partial charge in [0.15, 0.2) is 0 Å². The molecule has 0 aliphatic heterocycles. The summed E-state index contributed by atoms with van der Waals surface area (Å²) in [4.78, 5) is 0.525. The molecule has 0 spiro atoms. The van der Waals surface area contributed by atoms with E-state index in [9.17, 15) is 0 Å². The fraction of sp³-hybridized carbons (Fsp3) is 0.600. The third kappa shape index (κ3) is 4.40. The normalized spacial score (nSPS) is 19.2. The molecule has 0 heterocycles. The molecule has 0 bridgehead atoms. The maximum Gasteiger partial charge on any atom is 0.0395 e. The van der Waals surface area contributed by atoms with Gasteiger partial charge in [0.05, 0.1) is 0 Å². The smallest absolute Gasteiger partial charge is 0.0395 e. The summed E-state index contributed by atoms with van der Waals surface area (Å²) in [6.07, 6.45) is 9.94. The van der Waals surface area contributed by atoms with Crippen molar-refractivity contribution in [1.82, 2.24) is 0 Å². The Hall–Kier alpha value is 0.180. The first kappa shape index (κ1) is 13.6. The van der Waals surface area contributed by atoms with Crippen LogP contribution in [0.15, 0.2) is 28.7 Å². The molecular weight excluding hydrogens is 340 g/mol. The Morgan fingerprint density at radius 2 is 1.71 bits per heavy atom. The van der Waals surface area contributed by atoms with Crippen molar-refractivity contribution in [3.8, 4) is 0 Å².